The average Bonchev–Trinajstić information content (AvgIpc) is 2.46. The fraction of sp³-hybridized carbons (Fsp3) is 0.462. The van der Waals surface area contributed by atoms with Gasteiger partial charge < -0.3 is 16.4 Å². The summed E-state index contributed by atoms with van der Waals surface area (Å²) < 4.78 is 26.8. The van der Waals surface area contributed by atoms with Gasteiger partial charge >= 0.3 is 0 Å². The lowest BCUT2D eigenvalue weighted by Crippen LogP contribution is -2.56. The third-order valence-electron chi connectivity index (χ3n) is 3.65. The second-order valence-electron chi connectivity index (χ2n) is 5.16. The molecule has 1 heterocycles. The van der Waals surface area contributed by atoms with E-state index in [4.69, 9.17) is 11.5 Å². The Labute approximate surface area is 124 Å². The molecule has 7 nitrogen and oxygen atoms in total. The maximum absolute atomic E-state index is 12.7. The minimum atomic E-state index is -3.61. The first-order chi connectivity index (χ1) is 9.86. The molecule has 116 valence electrons. The molecule has 1 aliphatic heterocycles. The number of piperazine rings is 1. The van der Waals surface area contributed by atoms with Crippen LogP contribution >= 0.6 is 0 Å². The van der Waals surface area contributed by atoms with Gasteiger partial charge in [0.15, 0.2) is 0 Å². The number of amides is 1. The van der Waals surface area contributed by atoms with E-state index in [-0.39, 0.29) is 23.0 Å². The third-order valence-corrected chi connectivity index (χ3v) is 5.62. The molecule has 1 atom stereocenters. The summed E-state index contributed by atoms with van der Waals surface area (Å²) in [7, 11) is -1.68. The van der Waals surface area contributed by atoms with Crippen LogP contribution in [0, 0.1) is 0 Å². The number of hydrogen-bond acceptors (Lipinski definition) is 5. The summed E-state index contributed by atoms with van der Waals surface area (Å²) in [6, 6.07) is 5.40. The van der Waals surface area contributed by atoms with E-state index in [1.807, 2.05) is 7.05 Å². The number of likely N-dealkylation sites (N-methyl/N-ethyl adjacent to an activating group) is 1. The van der Waals surface area contributed by atoms with E-state index in [0.717, 1.165) is 0 Å². The summed E-state index contributed by atoms with van der Waals surface area (Å²) in [5.41, 5.74) is 11.1. The first kappa shape index (κ1) is 15.9. The number of hydrogen-bond donors (Lipinski definition) is 2. The van der Waals surface area contributed by atoms with E-state index in [9.17, 15) is 13.2 Å². The predicted octanol–water partition coefficient (Wildman–Crippen LogP) is -0.951. The van der Waals surface area contributed by atoms with Gasteiger partial charge in [-0.1, -0.05) is 0 Å². The largest absolute Gasteiger partial charge is 0.366 e. The first-order valence-electron chi connectivity index (χ1n) is 6.66. The Morgan fingerprint density at radius 1 is 1.29 bits per heavy atom. The van der Waals surface area contributed by atoms with E-state index in [2.05, 4.69) is 4.90 Å². The second kappa shape index (κ2) is 6.10. The number of carbonyl (C=O) groups excluding carboxylic acids is 1. The van der Waals surface area contributed by atoms with Crippen LogP contribution in [0.2, 0.25) is 0 Å². The smallest absolute Gasteiger partial charge is 0.248 e. The zero-order chi connectivity index (χ0) is 15.6. The molecule has 0 aromatic heterocycles. The Hall–Kier alpha value is -1.48. The van der Waals surface area contributed by atoms with Gasteiger partial charge in [0, 0.05) is 31.7 Å². The summed E-state index contributed by atoms with van der Waals surface area (Å²) in [5.74, 6) is -0.585. The van der Waals surface area contributed by atoms with Crippen LogP contribution in [0.4, 0.5) is 0 Å². The number of benzene rings is 1. The Morgan fingerprint density at radius 2 is 1.90 bits per heavy atom. The van der Waals surface area contributed by atoms with Gasteiger partial charge in [0.2, 0.25) is 15.9 Å². The van der Waals surface area contributed by atoms with Crippen molar-refractivity contribution in [2.24, 2.45) is 11.5 Å². The molecule has 0 saturated carbocycles. The van der Waals surface area contributed by atoms with Gasteiger partial charge in [-0.15, -0.1) is 0 Å². The molecule has 0 spiro atoms. The molecular formula is C13H20N4O3S. The maximum Gasteiger partial charge on any atom is 0.248 e. The molecule has 1 saturated heterocycles. The van der Waals surface area contributed by atoms with Crippen LogP contribution in [0.25, 0.3) is 0 Å². The van der Waals surface area contributed by atoms with E-state index in [1.165, 1.54) is 28.6 Å². The van der Waals surface area contributed by atoms with Crippen molar-refractivity contribution >= 4 is 15.9 Å². The topological polar surface area (TPSA) is 110 Å². The fourth-order valence-electron chi connectivity index (χ4n) is 2.43. The van der Waals surface area contributed by atoms with Crippen molar-refractivity contribution in [1.29, 1.82) is 0 Å². The molecule has 0 bridgehead atoms. The molecule has 8 heteroatoms. The highest BCUT2D eigenvalue weighted by Crippen LogP contribution is 2.21. The van der Waals surface area contributed by atoms with E-state index in [1.54, 1.807) is 0 Å². The molecule has 1 unspecified atom stereocenters. The summed E-state index contributed by atoms with van der Waals surface area (Å²) in [4.78, 5) is 13.2. The standard InChI is InChI=1S/C13H20N4O3S/c1-16-6-7-17(11(8-14)9-16)21(19,20)12-4-2-10(3-5-12)13(15)18/h2-5,11H,6-9,14H2,1H3,(H2,15,18). The molecule has 1 amide bonds. The number of rotatable bonds is 4. The summed E-state index contributed by atoms with van der Waals surface area (Å²) in [6.07, 6.45) is 0. The lowest BCUT2D eigenvalue weighted by Gasteiger charge is -2.38. The Bertz CT molecular complexity index is 615. The van der Waals surface area contributed by atoms with Crippen LogP contribution in [0.3, 0.4) is 0 Å². The molecule has 0 aliphatic carbocycles. The van der Waals surface area contributed by atoms with E-state index >= 15 is 0 Å². The van der Waals surface area contributed by atoms with Gasteiger partial charge in [-0.3, -0.25) is 4.79 Å². The lowest BCUT2D eigenvalue weighted by molar-refractivity contribution is 0.1000. The van der Waals surface area contributed by atoms with Crippen LogP contribution in [0.1, 0.15) is 10.4 Å². The van der Waals surface area contributed by atoms with Crippen molar-refractivity contribution in [2.45, 2.75) is 10.9 Å². The number of nitrogens with zero attached hydrogens (tertiary/aromatic N) is 2. The van der Waals surface area contributed by atoms with Gasteiger partial charge in [0.05, 0.1) is 10.9 Å². The summed E-state index contributed by atoms with van der Waals surface area (Å²) in [5, 5.41) is 0. The van der Waals surface area contributed by atoms with Gasteiger partial charge in [-0.25, -0.2) is 8.42 Å². The quantitative estimate of drug-likeness (QED) is 0.745. The Kier molecular flexibility index (Phi) is 4.62. The first-order valence-corrected chi connectivity index (χ1v) is 8.10. The maximum atomic E-state index is 12.7. The van der Waals surface area contributed by atoms with E-state index in [0.29, 0.717) is 19.6 Å². The average molecular weight is 312 g/mol. The normalized spacial score (nSPS) is 21.3. The molecule has 1 aliphatic rings. The van der Waals surface area contributed by atoms with Gasteiger partial charge in [0.25, 0.3) is 0 Å². The SMILES string of the molecule is CN1CCN(S(=O)(=O)c2ccc(C(N)=O)cc2)C(CN)C1. The minimum absolute atomic E-state index is 0.149. The molecule has 1 aromatic rings. The van der Waals surface area contributed by atoms with Crippen molar-refractivity contribution < 1.29 is 13.2 Å². The van der Waals surface area contributed by atoms with Gasteiger partial charge in [-0.2, -0.15) is 4.31 Å². The summed E-state index contributed by atoms with van der Waals surface area (Å²) in [6.45, 7) is 1.94. The molecule has 1 fully saturated rings. The highest BCUT2D eigenvalue weighted by atomic mass is 32.2. The second-order valence-corrected chi connectivity index (χ2v) is 7.05. The highest BCUT2D eigenvalue weighted by Gasteiger charge is 2.34. The van der Waals surface area contributed by atoms with Crippen LogP contribution in [0.5, 0.6) is 0 Å². The van der Waals surface area contributed by atoms with Crippen molar-refractivity contribution in [3.63, 3.8) is 0 Å². The highest BCUT2D eigenvalue weighted by molar-refractivity contribution is 7.89. The number of sulfonamides is 1. The lowest BCUT2D eigenvalue weighted by atomic mass is 10.2. The van der Waals surface area contributed by atoms with Crippen molar-refractivity contribution in [1.82, 2.24) is 9.21 Å². The van der Waals surface area contributed by atoms with Crippen LogP contribution < -0.4 is 11.5 Å². The monoisotopic (exact) mass is 312 g/mol. The van der Waals surface area contributed by atoms with Crippen molar-refractivity contribution in [2.75, 3.05) is 33.2 Å². The Balaban J connectivity index is 2.30. The van der Waals surface area contributed by atoms with Crippen LogP contribution in [0.15, 0.2) is 29.2 Å². The molecule has 4 N–H and O–H groups in total. The van der Waals surface area contributed by atoms with Crippen LogP contribution in [-0.2, 0) is 10.0 Å². The molecule has 2 rings (SSSR count). The molecular weight excluding hydrogens is 292 g/mol. The Morgan fingerprint density at radius 3 is 2.43 bits per heavy atom. The third kappa shape index (κ3) is 3.24. The number of nitrogens with two attached hydrogens (primary N) is 2. The zero-order valence-corrected chi connectivity index (χ0v) is 12.7. The van der Waals surface area contributed by atoms with Crippen molar-refractivity contribution in [3.8, 4) is 0 Å². The molecule has 1 aromatic carbocycles. The van der Waals surface area contributed by atoms with Gasteiger partial charge in [0.1, 0.15) is 0 Å². The number of primary amides is 1. The van der Waals surface area contributed by atoms with Crippen molar-refractivity contribution in [3.05, 3.63) is 29.8 Å². The van der Waals surface area contributed by atoms with Gasteiger partial charge in [-0.05, 0) is 31.3 Å². The summed E-state index contributed by atoms with van der Waals surface area (Å²) >= 11 is 0. The zero-order valence-electron chi connectivity index (χ0n) is 11.9. The molecule has 21 heavy (non-hydrogen) atoms. The molecule has 0 radical (unpaired) electrons. The fourth-order valence-corrected chi connectivity index (χ4v) is 4.05. The predicted molar refractivity (Wildman–Crippen MR) is 79.2 cm³/mol. The van der Waals surface area contributed by atoms with Crippen LogP contribution in [-0.4, -0.2) is 62.8 Å². The number of carbonyl (C=O) groups is 1. The minimum Gasteiger partial charge on any atom is -0.366 e. The van der Waals surface area contributed by atoms with E-state index < -0.39 is 15.9 Å².